The number of hydrogen-bond acceptors (Lipinski definition) is 8. The molecule has 0 atom stereocenters. The molecule has 0 saturated carbocycles. The Morgan fingerprint density at radius 3 is 2.33 bits per heavy atom. The van der Waals surface area contributed by atoms with E-state index in [9.17, 15) is 18.0 Å². The maximum atomic E-state index is 13.2. The molecule has 13 heteroatoms. The zero-order chi connectivity index (χ0) is 26.8. The molecule has 192 valence electrons. The van der Waals surface area contributed by atoms with Crippen LogP contribution in [-0.2, 0) is 20.2 Å². The summed E-state index contributed by atoms with van der Waals surface area (Å²) in [7, 11) is -1.03. The number of carbonyl (C=O) groups is 2. The molecule has 0 bridgehead atoms. The van der Waals surface area contributed by atoms with Crippen LogP contribution in [0.1, 0.15) is 47.2 Å². The van der Waals surface area contributed by atoms with Crippen LogP contribution >= 0.6 is 11.6 Å². The molecule has 2 N–H and O–H groups in total. The molecule has 0 spiro atoms. The van der Waals surface area contributed by atoms with Crippen molar-refractivity contribution >= 4 is 44.9 Å². The Hall–Kier alpha value is -3.64. The first-order valence-electron chi connectivity index (χ1n) is 10.6. The van der Waals surface area contributed by atoms with E-state index in [-0.39, 0.29) is 38.8 Å². The molecule has 3 rings (SSSR count). The third kappa shape index (κ3) is 6.13. The first kappa shape index (κ1) is 27.0. The Bertz CT molecular complexity index is 1430. The van der Waals surface area contributed by atoms with Crippen molar-refractivity contribution < 1.29 is 27.5 Å². The van der Waals surface area contributed by atoms with Crippen molar-refractivity contribution in [1.29, 1.82) is 0 Å². The Morgan fingerprint density at radius 1 is 1.08 bits per heavy atom. The number of aromatic nitrogens is 3. The molecule has 11 nitrogen and oxygen atoms in total. The van der Waals surface area contributed by atoms with Gasteiger partial charge in [0.2, 0.25) is 10.0 Å². The zero-order valence-electron chi connectivity index (χ0n) is 20.5. The first-order chi connectivity index (χ1) is 16.7. The van der Waals surface area contributed by atoms with Crippen LogP contribution in [0.3, 0.4) is 0 Å². The van der Waals surface area contributed by atoms with Crippen LogP contribution in [0.4, 0.5) is 11.4 Å². The Labute approximate surface area is 213 Å². The number of hydrogen-bond donors (Lipinski definition) is 2. The van der Waals surface area contributed by atoms with Crippen LogP contribution < -0.4 is 14.8 Å². The summed E-state index contributed by atoms with van der Waals surface area (Å²) in [5.41, 5.74) is 1.35. The summed E-state index contributed by atoms with van der Waals surface area (Å²) in [6.07, 6.45) is 2.35. The van der Waals surface area contributed by atoms with Crippen molar-refractivity contribution in [2.75, 3.05) is 30.5 Å². The van der Waals surface area contributed by atoms with E-state index in [1.807, 2.05) is 20.8 Å². The lowest BCUT2D eigenvalue weighted by molar-refractivity contribution is 0.0593. The normalized spacial score (nSPS) is 11.6. The minimum absolute atomic E-state index is 0.0296. The van der Waals surface area contributed by atoms with Crippen LogP contribution in [0.15, 0.2) is 36.5 Å². The lowest BCUT2D eigenvalue weighted by Crippen LogP contribution is -2.18. The van der Waals surface area contributed by atoms with Gasteiger partial charge in [-0.05, 0) is 41.3 Å². The number of halogens is 1. The molecule has 0 fully saturated rings. The minimum Gasteiger partial charge on any atom is -0.492 e. The molecule has 1 aromatic heterocycles. The second-order valence-electron chi connectivity index (χ2n) is 8.89. The summed E-state index contributed by atoms with van der Waals surface area (Å²) in [6.45, 7) is 5.87. The number of methoxy groups -OCH3 is 2. The van der Waals surface area contributed by atoms with Gasteiger partial charge >= 0.3 is 5.97 Å². The molecular formula is C23H26ClN5O6S. The standard InChI is InChI=1S/C23H26ClN5O6S/c1-23(2,3)14-10-16(20(34-4)17(11-14)27-36(6,32)33)25-21(30)13-7-8-15(24)19(9-13)29-12-18(26-28-29)22(31)35-5/h7-12,27H,1-6H3,(H,25,30). The largest absolute Gasteiger partial charge is 0.492 e. The minimum atomic E-state index is -3.62. The average Bonchev–Trinajstić information content (AvgIpc) is 3.27. The van der Waals surface area contributed by atoms with Crippen molar-refractivity contribution in [3.63, 3.8) is 0 Å². The van der Waals surface area contributed by atoms with Crippen molar-refractivity contribution in [1.82, 2.24) is 15.0 Å². The highest BCUT2D eigenvalue weighted by molar-refractivity contribution is 7.92. The van der Waals surface area contributed by atoms with E-state index in [1.54, 1.807) is 12.1 Å². The molecule has 1 amide bonds. The molecule has 0 aliphatic heterocycles. The van der Waals surface area contributed by atoms with E-state index in [0.717, 1.165) is 11.8 Å². The number of ether oxygens (including phenoxy) is 2. The SMILES string of the molecule is COC(=O)c1cn(-c2cc(C(=O)Nc3cc(C(C)(C)C)cc(NS(C)(=O)=O)c3OC)ccc2Cl)nn1. The van der Waals surface area contributed by atoms with Crippen LogP contribution in [0.2, 0.25) is 5.02 Å². The summed E-state index contributed by atoms with van der Waals surface area (Å²) in [4.78, 5) is 24.9. The molecule has 36 heavy (non-hydrogen) atoms. The Morgan fingerprint density at radius 2 is 1.75 bits per heavy atom. The highest BCUT2D eigenvalue weighted by Gasteiger charge is 2.23. The molecule has 0 radical (unpaired) electrons. The third-order valence-electron chi connectivity index (χ3n) is 5.05. The molecular weight excluding hydrogens is 510 g/mol. The van der Waals surface area contributed by atoms with Gasteiger partial charge in [-0.1, -0.05) is 37.6 Å². The molecule has 3 aromatic rings. The van der Waals surface area contributed by atoms with Crippen molar-refractivity contribution in [3.8, 4) is 11.4 Å². The highest BCUT2D eigenvalue weighted by Crippen LogP contribution is 2.39. The molecule has 1 heterocycles. The van der Waals surface area contributed by atoms with E-state index >= 15 is 0 Å². The topological polar surface area (TPSA) is 142 Å². The summed E-state index contributed by atoms with van der Waals surface area (Å²) in [5.74, 6) is -1.04. The Kier molecular flexibility index (Phi) is 7.60. The number of sulfonamides is 1. The number of nitrogens with zero attached hydrogens (tertiary/aromatic N) is 3. The van der Waals surface area contributed by atoms with E-state index in [1.165, 1.54) is 43.3 Å². The summed E-state index contributed by atoms with van der Waals surface area (Å²) in [6, 6.07) is 7.88. The van der Waals surface area contributed by atoms with E-state index in [2.05, 4.69) is 25.1 Å². The van der Waals surface area contributed by atoms with Crippen LogP contribution in [-0.4, -0.2) is 55.8 Å². The predicted molar refractivity (Wildman–Crippen MR) is 136 cm³/mol. The molecule has 0 saturated heterocycles. The van der Waals surface area contributed by atoms with Gasteiger partial charge in [-0.25, -0.2) is 17.9 Å². The Balaban J connectivity index is 2.03. The van der Waals surface area contributed by atoms with Gasteiger partial charge in [0.15, 0.2) is 11.4 Å². The lowest BCUT2D eigenvalue weighted by Gasteiger charge is -2.24. The number of amides is 1. The van der Waals surface area contributed by atoms with Gasteiger partial charge in [-0.3, -0.25) is 9.52 Å². The monoisotopic (exact) mass is 535 g/mol. The summed E-state index contributed by atoms with van der Waals surface area (Å²) in [5, 5.41) is 10.7. The number of carbonyl (C=O) groups excluding carboxylic acids is 2. The fourth-order valence-electron chi connectivity index (χ4n) is 3.25. The van der Waals surface area contributed by atoms with Crippen molar-refractivity contribution in [3.05, 3.63) is 58.4 Å². The quantitative estimate of drug-likeness (QED) is 0.437. The fraction of sp³-hybridized carbons (Fsp3) is 0.304. The molecule has 2 aromatic carbocycles. The average molecular weight is 536 g/mol. The second-order valence-corrected chi connectivity index (χ2v) is 11.0. The fourth-order valence-corrected chi connectivity index (χ4v) is 4.01. The van der Waals surface area contributed by atoms with Gasteiger partial charge < -0.3 is 14.8 Å². The van der Waals surface area contributed by atoms with E-state index in [4.69, 9.17) is 16.3 Å². The number of benzene rings is 2. The predicted octanol–water partition coefficient (Wildman–Crippen LogP) is 3.64. The smallest absolute Gasteiger partial charge is 0.360 e. The van der Waals surface area contributed by atoms with E-state index in [0.29, 0.717) is 5.69 Å². The molecule has 0 aliphatic rings. The van der Waals surface area contributed by atoms with Crippen molar-refractivity contribution in [2.24, 2.45) is 0 Å². The number of rotatable bonds is 7. The first-order valence-corrected chi connectivity index (χ1v) is 12.8. The van der Waals surface area contributed by atoms with Gasteiger partial charge in [0, 0.05) is 5.56 Å². The summed E-state index contributed by atoms with van der Waals surface area (Å²) >= 11 is 6.30. The number of anilines is 2. The van der Waals surface area contributed by atoms with Crippen LogP contribution in [0.25, 0.3) is 5.69 Å². The van der Waals surface area contributed by atoms with Gasteiger partial charge in [0.25, 0.3) is 5.91 Å². The third-order valence-corrected chi connectivity index (χ3v) is 5.96. The van der Waals surface area contributed by atoms with Crippen LogP contribution in [0.5, 0.6) is 5.75 Å². The summed E-state index contributed by atoms with van der Waals surface area (Å²) < 4.78 is 37.7. The van der Waals surface area contributed by atoms with Gasteiger partial charge in [0.1, 0.15) is 0 Å². The number of esters is 1. The number of nitrogens with one attached hydrogen (secondary N) is 2. The second kappa shape index (κ2) is 10.2. The molecule has 0 unspecified atom stereocenters. The maximum absolute atomic E-state index is 13.2. The zero-order valence-corrected chi connectivity index (χ0v) is 22.1. The maximum Gasteiger partial charge on any atom is 0.360 e. The van der Waals surface area contributed by atoms with Gasteiger partial charge in [0.05, 0.1) is 48.8 Å². The lowest BCUT2D eigenvalue weighted by atomic mass is 9.86. The van der Waals surface area contributed by atoms with E-state index < -0.39 is 21.9 Å². The van der Waals surface area contributed by atoms with Gasteiger partial charge in [-0.15, -0.1) is 5.10 Å². The molecule has 0 aliphatic carbocycles. The van der Waals surface area contributed by atoms with Crippen LogP contribution in [0, 0.1) is 0 Å². The van der Waals surface area contributed by atoms with Gasteiger partial charge in [-0.2, -0.15) is 0 Å². The van der Waals surface area contributed by atoms with Crippen molar-refractivity contribution in [2.45, 2.75) is 26.2 Å². The highest BCUT2D eigenvalue weighted by atomic mass is 35.5.